The van der Waals surface area contributed by atoms with E-state index < -0.39 is 0 Å². The van der Waals surface area contributed by atoms with Crippen LogP contribution in [0.15, 0.2) is 0 Å². The summed E-state index contributed by atoms with van der Waals surface area (Å²) in [6, 6.07) is 0. The van der Waals surface area contributed by atoms with Gasteiger partial charge in [0.15, 0.2) is 0 Å². The number of rotatable bonds is 3. The van der Waals surface area contributed by atoms with Gasteiger partial charge in [-0.25, -0.2) is 0 Å². The van der Waals surface area contributed by atoms with Crippen LogP contribution in [0, 0.1) is 0 Å². The molecule has 0 saturated heterocycles. The fourth-order valence-electron chi connectivity index (χ4n) is 0.445. The van der Waals surface area contributed by atoms with E-state index >= 15 is 0 Å². The van der Waals surface area contributed by atoms with Crippen molar-refractivity contribution in [2.45, 2.75) is 18.6 Å². The van der Waals surface area contributed by atoms with Crippen LogP contribution in [0.5, 0.6) is 0 Å². The van der Waals surface area contributed by atoms with Crippen LogP contribution in [0.3, 0.4) is 0 Å². The van der Waals surface area contributed by atoms with Gasteiger partial charge >= 0.3 is 0 Å². The molecule has 0 radical (unpaired) electrons. The highest BCUT2D eigenvalue weighted by Gasteiger charge is 1.93. The van der Waals surface area contributed by atoms with E-state index in [0.29, 0.717) is 5.25 Å². The zero-order valence-corrected chi connectivity index (χ0v) is 6.78. The molecule has 50 valence electrons. The first-order chi connectivity index (χ1) is 3.63. The quantitative estimate of drug-likeness (QED) is 0.567. The predicted octanol–water partition coefficient (Wildman–Crippen LogP) is 1.26. The van der Waals surface area contributed by atoms with Gasteiger partial charge in [0.1, 0.15) is 0 Å². The van der Waals surface area contributed by atoms with Crippen molar-refractivity contribution in [3.63, 3.8) is 0 Å². The Kier molecular flexibility index (Phi) is 4.38. The molecule has 0 amide bonds. The molecule has 1 nitrogen and oxygen atoms in total. The number of hydrogen-bond donors (Lipinski definition) is 1. The highest BCUT2D eigenvalue weighted by molar-refractivity contribution is 7.80. The highest BCUT2D eigenvalue weighted by atomic mass is 32.1. The Labute approximate surface area is 57.5 Å². The summed E-state index contributed by atoms with van der Waals surface area (Å²) in [6.07, 6.45) is 1.18. The molecule has 0 rings (SSSR count). The average molecular weight is 133 g/mol. The SMILES string of the molecule is C[C@H](S)CCN(C)C. The maximum atomic E-state index is 4.25. The lowest BCUT2D eigenvalue weighted by Crippen LogP contribution is -2.15. The summed E-state index contributed by atoms with van der Waals surface area (Å²) < 4.78 is 0. The lowest BCUT2D eigenvalue weighted by atomic mass is 10.3. The van der Waals surface area contributed by atoms with Crippen LogP contribution < -0.4 is 0 Å². The second-order valence-electron chi connectivity index (χ2n) is 2.44. The van der Waals surface area contributed by atoms with Crippen molar-refractivity contribution in [2.75, 3.05) is 20.6 Å². The minimum Gasteiger partial charge on any atom is -0.309 e. The zero-order valence-electron chi connectivity index (χ0n) is 5.89. The van der Waals surface area contributed by atoms with Crippen LogP contribution in [-0.4, -0.2) is 30.8 Å². The molecule has 0 aromatic rings. The molecule has 1 atom stereocenters. The van der Waals surface area contributed by atoms with Crippen molar-refractivity contribution in [3.05, 3.63) is 0 Å². The Morgan fingerprint density at radius 3 is 2.12 bits per heavy atom. The molecule has 2 heteroatoms. The first-order valence-corrected chi connectivity index (χ1v) is 3.47. The van der Waals surface area contributed by atoms with Gasteiger partial charge in [0.05, 0.1) is 0 Å². The lowest BCUT2D eigenvalue weighted by molar-refractivity contribution is 0.400. The van der Waals surface area contributed by atoms with E-state index in [1.165, 1.54) is 6.42 Å². The Hall–Kier alpha value is 0.310. The molecule has 0 aliphatic carbocycles. The molecule has 0 aliphatic rings. The average Bonchev–Trinajstić information content (AvgIpc) is 1.61. The van der Waals surface area contributed by atoms with Crippen LogP contribution in [-0.2, 0) is 0 Å². The first-order valence-electron chi connectivity index (χ1n) is 2.95. The molecule has 0 spiro atoms. The molecular weight excluding hydrogens is 118 g/mol. The molecule has 0 aromatic heterocycles. The summed E-state index contributed by atoms with van der Waals surface area (Å²) in [4.78, 5) is 2.17. The topological polar surface area (TPSA) is 3.24 Å². The Bertz CT molecular complexity index is 44.5. The monoisotopic (exact) mass is 133 g/mol. The van der Waals surface area contributed by atoms with E-state index in [9.17, 15) is 0 Å². The normalized spacial score (nSPS) is 14.6. The standard InChI is InChI=1S/C6H15NS/c1-6(8)4-5-7(2)3/h6,8H,4-5H2,1-3H3/t6-/m0/s1. The summed E-state index contributed by atoms with van der Waals surface area (Å²) in [6.45, 7) is 3.26. The van der Waals surface area contributed by atoms with Gasteiger partial charge in [-0.1, -0.05) is 6.92 Å². The van der Waals surface area contributed by atoms with Gasteiger partial charge in [-0.05, 0) is 27.1 Å². The first kappa shape index (κ1) is 8.31. The summed E-state index contributed by atoms with van der Waals surface area (Å²) in [5, 5.41) is 0.539. The van der Waals surface area contributed by atoms with Gasteiger partial charge in [-0.2, -0.15) is 12.6 Å². The molecule has 0 bridgehead atoms. The second-order valence-corrected chi connectivity index (χ2v) is 3.32. The van der Waals surface area contributed by atoms with Crippen LogP contribution in [0.25, 0.3) is 0 Å². The van der Waals surface area contributed by atoms with Crippen molar-refractivity contribution in [3.8, 4) is 0 Å². The van der Waals surface area contributed by atoms with E-state index in [1.54, 1.807) is 0 Å². The van der Waals surface area contributed by atoms with E-state index in [4.69, 9.17) is 0 Å². The molecule has 0 fully saturated rings. The summed E-state index contributed by atoms with van der Waals surface area (Å²) in [5.74, 6) is 0. The third-order valence-electron chi connectivity index (χ3n) is 0.994. The Morgan fingerprint density at radius 2 is 2.00 bits per heavy atom. The number of thiol groups is 1. The van der Waals surface area contributed by atoms with Crippen LogP contribution in [0.1, 0.15) is 13.3 Å². The predicted molar refractivity (Wildman–Crippen MR) is 41.6 cm³/mol. The van der Waals surface area contributed by atoms with Gasteiger partial charge in [0.25, 0.3) is 0 Å². The smallest absolute Gasteiger partial charge is 0.0000569 e. The third-order valence-corrected chi connectivity index (χ3v) is 1.25. The molecule has 8 heavy (non-hydrogen) atoms. The minimum absolute atomic E-state index is 0.539. The Balaban J connectivity index is 2.93. The van der Waals surface area contributed by atoms with Crippen molar-refractivity contribution in [1.82, 2.24) is 4.90 Å². The molecule has 0 heterocycles. The van der Waals surface area contributed by atoms with Gasteiger partial charge in [0, 0.05) is 5.25 Å². The maximum absolute atomic E-state index is 4.25. The molecule has 0 aliphatic heterocycles. The minimum atomic E-state index is 0.539. The van der Waals surface area contributed by atoms with Crippen molar-refractivity contribution >= 4 is 12.6 Å². The largest absolute Gasteiger partial charge is 0.309 e. The highest BCUT2D eigenvalue weighted by Crippen LogP contribution is 1.98. The van der Waals surface area contributed by atoms with Gasteiger partial charge in [0.2, 0.25) is 0 Å². The Morgan fingerprint density at radius 1 is 1.50 bits per heavy atom. The lowest BCUT2D eigenvalue weighted by Gasteiger charge is -2.09. The van der Waals surface area contributed by atoms with Gasteiger partial charge in [-0.15, -0.1) is 0 Å². The third kappa shape index (κ3) is 6.31. The van der Waals surface area contributed by atoms with Crippen LogP contribution in [0.4, 0.5) is 0 Å². The number of hydrogen-bond acceptors (Lipinski definition) is 2. The summed E-state index contributed by atoms with van der Waals surface area (Å²) in [7, 11) is 4.16. The van der Waals surface area contributed by atoms with E-state index in [0.717, 1.165) is 6.54 Å². The second kappa shape index (κ2) is 4.21. The van der Waals surface area contributed by atoms with Crippen LogP contribution >= 0.6 is 12.6 Å². The molecular formula is C6H15NS. The van der Waals surface area contributed by atoms with Crippen LogP contribution in [0.2, 0.25) is 0 Å². The summed E-state index contributed by atoms with van der Waals surface area (Å²) in [5.41, 5.74) is 0. The van der Waals surface area contributed by atoms with Crippen molar-refractivity contribution in [1.29, 1.82) is 0 Å². The fraction of sp³-hybridized carbons (Fsp3) is 1.00. The number of nitrogens with zero attached hydrogens (tertiary/aromatic N) is 1. The molecule has 0 saturated carbocycles. The van der Waals surface area contributed by atoms with E-state index in [2.05, 4.69) is 38.5 Å². The van der Waals surface area contributed by atoms with Crippen molar-refractivity contribution in [2.24, 2.45) is 0 Å². The van der Waals surface area contributed by atoms with Gasteiger partial charge < -0.3 is 4.90 Å². The maximum Gasteiger partial charge on any atom is 0.0000569 e. The molecule has 0 unspecified atom stereocenters. The van der Waals surface area contributed by atoms with E-state index in [-0.39, 0.29) is 0 Å². The zero-order chi connectivity index (χ0) is 6.57. The van der Waals surface area contributed by atoms with Crippen molar-refractivity contribution < 1.29 is 0 Å². The fourth-order valence-corrected chi connectivity index (χ4v) is 0.561. The summed E-state index contributed by atoms with van der Waals surface area (Å²) >= 11 is 4.25. The van der Waals surface area contributed by atoms with Gasteiger partial charge in [-0.3, -0.25) is 0 Å². The molecule has 0 N–H and O–H groups in total. The van der Waals surface area contributed by atoms with E-state index in [1.807, 2.05) is 0 Å². The molecule has 0 aromatic carbocycles.